The second-order valence-electron chi connectivity index (χ2n) is 10.9. The van der Waals surface area contributed by atoms with Crippen molar-refractivity contribution in [3.8, 4) is 5.75 Å². The van der Waals surface area contributed by atoms with Gasteiger partial charge in [-0.15, -0.1) is 0 Å². The van der Waals surface area contributed by atoms with Gasteiger partial charge in [0, 0.05) is 38.2 Å². The fourth-order valence-electron chi connectivity index (χ4n) is 5.09. The maximum absolute atomic E-state index is 13.9. The zero-order chi connectivity index (χ0) is 30.8. The first-order valence-corrected chi connectivity index (χ1v) is 14.3. The van der Waals surface area contributed by atoms with Crippen LogP contribution in [0.2, 0.25) is 0 Å². The lowest BCUT2D eigenvalue weighted by molar-refractivity contribution is -0.127. The van der Waals surface area contributed by atoms with Gasteiger partial charge in [0.05, 0.1) is 21.9 Å². The van der Waals surface area contributed by atoms with Crippen molar-refractivity contribution in [3.05, 3.63) is 63.1 Å². The Hall–Kier alpha value is -3.62. The van der Waals surface area contributed by atoms with Crippen LogP contribution in [0.5, 0.6) is 5.75 Å². The second kappa shape index (κ2) is 12.3. The maximum Gasteiger partial charge on any atom is 0.275 e. The topological polar surface area (TPSA) is 182 Å². The lowest BCUT2D eigenvalue weighted by Gasteiger charge is -2.46. The van der Waals surface area contributed by atoms with E-state index in [4.69, 9.17) is 10.8 Å². The van der Waals surface area contributed by atoms with E-state index in [0.29, 0.717) is 56.4 Å². The summed E-state index contributed by atoms with van der Waals surface area (Å²) in [6, 6.07) is 2.94. The third kappa shape index (κ3) is 6.71. The third-order valence-corrected chi connectivity index (χ3v) is 8.94. The van der Waals surface area contributed by atoms with E-state index in [1.807, 2.05) is 0 Å². The molecular weight excluding hydrogens is 570 g/mol. The number of thioether (sulfide) groups is 1. The van der Waals surface area contributed by atoms with Crippen molar-refractivity contribution >= 4 is 33.7 Å². The summed E-state index contributed by atoms with van der Waals surface area (Å²) in [6.45, 7) is 0.227. The maximum atomic E-state index is 13.9. The minimum Gasteiger partial charge on any atom is -0.503 e. The molecule has 7 N–H and O–H groups in total. The summed E-state index contributed by atoms with van der Waals surface area (Å²) < 4.78 is 27.1. The fraction of sp³-hybridized carbons (Fsp3) is 0.464. The molecule has 11 nitrogen and oxygen atoms in total. The molecule has 0 unspecified atom stereocenters. The molecule has 1 heterocycles. The number of carbonyl (C=O) groups excluding carboxylic acids is 2. The number of aromatic nitrogens is 1. The molecule has 2 amide bonds. The Morgan fingerprint density at radius 3 is 2.45 bits per heavy atom. The summed E-state index contributed by atoms with van der Waals surface area (Å²) in [6.07, 6.45) is 4.02. The Labute approximate surface area is 245 Å². The van der Waals surface area contributed by atoms with Gasteiger partial charge in [0.25, 0.3) is 5.91 Å². The molecule has 14 heteroatoms. The van der Waals surface area contributed by atoms with Crippen LogP contribution in [-0.4, -0.2) is 73.9 Å². The first-order valence-electron chi connectivity index (χ1n) is 13.5. The summed E-state index contributed by atoms with van der Waals surface area (Å²) in [4.78, 5) is 42.9. The summed E-state index contributed by atoms with van der Waals surface area (Å²) in [5, 5.41) is 42.3. The van der Waals surface area contributed by atoms with E-state index in [9.17, 15) is 33.4 Å². The van der Waals surface area contributed by atoms with Gasteiger partial charge in [0.2, 0.25) is 11.3 Å². The molecule has 0 bridgehead atoms. The van der Waals surface area contributed by atoms with E-state index < -0.39 is 45.0 Å². The Bertz CT molecular complexity index is 1470. The molecule has 0 aliphatic heterocycles. The molecule has 2 aliphatic carbocycles. The molecule has 1 aromatic carbocycles. The molecule has 0 spiro atoms. The normalized spacial score (nSPS) is 20.9. The first-order chi connectivity index (χ1) is 19.8. The molecule has 1 aromatic heterocycles. The number of pyridine rings is 1. The van der Waals surface area contributed by atoms with Gasteiger partial charge < -0.3 is 25.4 Å². The average Bonchev–Trinajstić information content (AvgIpc) is 3.71. The SMILES string of the molecule is CNC1(N(C)C(=O)c2[nH]cc(C(=N)SC(=N)Cc3ccc(F)cc3F)c(=O)c2O)CCC(C(=O)NCC2(O)CC2)CC1. The molecule has 0 radical (unpaired) electrons. The Morgan fingerprint density at radius 2 is 1.86 bits per heavy atom. The third-order valence-electron chi connectivity index (χ3n) is 8.12. The van der Waals surface area contributed by atoms with Crippen LogP contribution in [0.3, 0.4) is 0 Å². The number of H-pyrrole nitrogens is 1. The van der Waals surface area contributed by atoms with Crippen molar-refractivity contribution in [2.24, 2.45) is 5.92 Å². The minimum absolute atomic E-state index is 0.0485. The van der Waals surface area contributed by atoms with Gasteiger partial charge in [-0.25, -0.2) is 8.78 Å². The van der Waals surface area contributed by atoms with Crippen molar-refractivity contribution in [1.82, 2.24) is 20.5 Å². The van der Waals surface area contributed by atoms with Crippen molar-refractivity contribution in [1.29, 1.82) is 10.8 Å². The van der Waals surface area contributed by atoms with Crippen LogP contribution in [-0.2, 0) is 11.2 Å². The van der Waals surface area contributed by atoms with Gasteiger partial charge in [-0.2, -0.15) is 0 Å². The molecule has 2 saturated carbocycles. The van der Waals surface area contributed by atoms with E-state index >= 15 is 0 Å². The zero-order valence-electron chi connectivity index (χ0n) is 23.3. The summed E-state index contributed by atoms with van der Waals surface area (Å²) in [7, 11) is 3.21. The average molecular weight is 605 g/mol. The first kappa shape index (κ1) is 31.3. The quantitative estimate of drug-likeness (QED) is 0.130. The fourth-order valence-corrected chi connectivity index (χ4v) is 5.83. The van der Waals surface area contributed by atoms with Crippen molar-refractivity contribution in [3.63, 3.8) is 0 Å². The van der Waals surface area contributed by atoms with E-state index in [-0.39, 0.29) is 46.7 Å². The van der Waals surface area contributed by atoms with Crippen molar-refractivity contribution in [2.45, 2.75) is 56.2 Å². The van der Waals surface area contributed by atoms with Gasteiger partial charge in [-0.05, 0) is 57.2 Å². The van der Waals surface area contributed by atoms with E-state index in [2.05, 4.69) is 15.6 Å². The molecular formula is C28H34F2N6O5S. The number of nitrogens with one attached hydrogen (secondary N) is 5. The van der Waals surface area contributed by atoms with E-state index in [1.54, 1.807) is 7.05 Å². The number of amides is 2. The van der Waals surface area contributed by atoms with E-state index in [0.717, 1.165) is 12.3 Å². The number of carbonyl (C=O) groups is 2. The van der Waals surface area contributed by atoms with E-state index in [1.165, 1.54) is 18.0 Å². The lowest BCUT2D eigenvalue weighted by Crippen LogP contribution is -2.60. The van der Waals surface area contributed by atoms with Crippen LogP contribution in [0.1, 0.15) is 60.1 Å². The number of hydrogen-bond acceptors (Lipinski definition) is 9. The minimum atomic E-state index is -0.986. The highest BCUT2D eigenvalue weighted by Crippen LogP contribution is 2.37. The predicted octanol–water partition coefficient (Wildman–Crippen LogP) is 2.46. The van der Waals surface area contributed by atoms with Crippen LogP contribution in [0.25, 0.3) is 0 Å². The number of aromatic hydroxyl groups is 1. The second-order valence-corrected chi connectivity index (χ2v) is 12.0. The number of hydrogen-bond donors (Lipinski definition) is 7. The Kier molecular flexibility index (Phi) is 9.18. The van der Waals surface area contributed by atoms with Crippen molar-refractivity contribution < 1.29 is 28.6 Å². The molecule has 2 fully saturated rings. The highest BCUT2D eigenvalue weighted by atomic mass is 32.2. The number of aliphatic hydroxyl groups is 1. The highest BCUT2D eigenvalue weighted by molar-refractivity contribution is 8.26. The van der Waals surface area contributed by atoms with Crippen LogP contribution < -0.4 is 16.1 Å². The summed E-state index contributed by atoms with van der Waals surface area (Å²) in [5.41, 5.74) is -3.24. The summed E-state index contributed by atoms with van der Waals surface area (Å²) in [5.74, 6) is -3.56. The molecule has 0 atom stereocenters. The van der Waals surface area contributed by atoms with Gasteiger partial charge in [-0.1, -0.05) is 17.8 Å². The van der Waals surface area contributed by atoms with Gasteiger partial charge >= 0.3 is 0 Å². The zero-order valence-corrected chi connectivity index (χ0v) is 24.1. The monoisotopic (exact) mass is 604 g/mol. The van der Waals surface area contributed by atoms with Crippen LogP contribution in [0, 0.1) is 28.4 Å². The number of nitrogens with zero attached hydrogens (tertiary/aromatic N) is 1. The highest BCUT2D eigenvalue weighted by Gasteiger charge is 2.44. The number of aromatic amines is 1. The number of benzene rings is 1. The Balaban J connectivity index is 1.40. The molecule has 0 saturated heterocycles. The van der Waals surface area contributed by atoms with Gasteiger partial charge in [0.1, 0.15) is 16.7 Å². The van der Waals surface area contributed by atoms with Gasteiger partial charge in [0.15, 0.2) is 11.4 Å². The number of rotatable bonds is 9. The Morgan fingerprint density at radius 1 is 1.19 bits per heavy atom. The van der Waals surface area contributed by atoms with Crippen molar-refractivity contribution in [2.75, 3.05) is 20.6 Å². The molecule has 4 rings (SSSR count). The molecule has 226 valence electrons. The summed E-state index contributed by atoms with van der Waals surface area (Å²) >= 11 is 0.563. The molecule has 2 aliphatic rings. The number of halogens is 2. The molecule has 2 aromatic rings. The van der Waals surface area contributed by atoms with Gasteiger partial charge in [-0.3, -0.25) is 30.5 Å². The predicted molar refractivity (Wildman–Crippen MR) is 154 cm³/mol. The smallest absolute Gasteiger partial charge is 0.275 e. The van der Waals surface area contributed by atoms with Crippen LogP contribution in [0.15, 0.2) is 29.2 Å². The van der Waals surface area contributed by atoms with Crippen LogP contribution >= 0.6 is 11.8 Å². The standard InChI is InChI=1S/C28H34F2N6O5S/c1-33-28(7-5-15(6-8-28)25(39)35-14-27(41)9-10-27)36(2)26(40)21-23(38)22(37)18(13-34-21)24(32)42-20(31)11-16-3-4-17(29)12-19(16)30/h3-4,12-13,15,31-33,38,41H,5-11,14H2,1-2H3,(H,34,37)(H,35,39). The molecule has 42 heavy (non-hydrogen) atoms. The lowest BCUT2D eigenvalue weighted by atomic mass is 9.80. The largest absolute Gasteiger partial charge is 0.503 e. The van der Waals surface area contributed by atoms with Crippen LogP contribution in [0.4, 0.5) is 8.78 Å².